The smallest absolute Gasteiger partial charge is 0.344 e. The van der Waals surface area contributed by atoms with Gasteiger partial charge in [0.25, 0.3) is 0 Å². The minimum absolute atomic E-state index is 0.403. The van der Waals surface area contributed by atoms with E-state index >= 15 is 0 Å². The molecule has 2 aromatic rings. The Balaban J connectivity index is 2.21. The van der Waals surface area contributed by atoms with Crippen LogP contribution in [0.1, 0.15) is 42.4 Å². The molecule has 1 aromatic heterocycles. The van der Waals surface area contributed by atoms with E-state index < -0.39 is 24.1 Å². The van der Waals surface area contributed by atoms with Crippen LogP contribution in [0.5, 0.6) is 0 Å². The number of fused-ring (bicyclic) bond motifs is 1. The molecule has 0 aliphatic carbocycles. The number of hydrogen-bond donors (Lipinski definition) is 0. The van der Waals surface area contributed by atoms with Gasteiger partial charge in [0.2, 0.25) is 0 Å². The van der Waals surface area contributed by atoms with Gasteiger partial charge >= 0.3 is 11.9 Å². The topological polar surface area (TPSA) is 65.5 Å². The Hall–Kier alpha value is -2.43. The summed E-state index contributed by atoms with van der Waals surface area (Å²) in [5.41, 5.74) is 2.25. The molecule has 0 amide bonds. The number of carbonyl (C=O) groups is 2. The fourth-order valence-electron chi connectivity index (χ4n) is 2.21. The van der Waals surface area contributed by atoms with Crippen molar-refractivity contribution in [1.82, 2.24) is 4.98 Å². The largest absolute Gasteiger partial charge is 0.457 e. The fraction of sp³-hybridized carbons (Fsp3) is 0.389. The molecule has 0 fully saturated rings. The molecule has 0 spiro atoms. The van der Waals surface area contributed by atoms with Crippen LogP contribution in [0.15, 0.2) is 24.3 Å². The van der Waals surface area contributed by atoms with E-state index in [0.717, 1.165) is 11.1 Å². The van der Waals surface area contributed by atoms with Gasteiger partial charge in [0.15, 0.2) is 6.61 Å². The van der Waals surface area contributed by atoms with Crippen LogP contribution in [0, 0.1) is 13.8 Å². The molecule has 0 saturated heterocycles. The van der Waals surface area contributed by atoms with Gasteiger partial charge in [-0.15, -0.1) is 0 Å². The number of rotatable bonds is 3. The molecule has 1 heterocycles. The summed E-state index contributed by atoms with van der Waals surface area (Å²) in [6, 6.07) is 7.35. The van der Waals surface area contributed by atoms with E-state index in [1.165, 1.54) is 0 Å². The van der Waals surface area contributed by atoms with Crippen LogP contribution < -0.4 is 0 Å². The van der Waals surface area contributed by atoms with Crippen LogP contribution in [-0.4, -0.2) is 29.1 Å². The third-order valence-electron chi connectivity index (χ3n) is 3.05. The highest BCUT2D eigenvalue weighted by Crippen LogP contribution is 2.21. The lowest BCUT2D eigenvalue weighted by Gasteiger charge is -2.19. The summed E-state index contributed by atoms with van der Waals surface area (Å²) in [7, 11) is 0. The second-order valence-electron chi connectivity index (χ2n) is 6.49. The Morgan fingerprint density at radius 1 is 1.13 bits per heavy atom. The van der Waals surface area contributed by atoms with Crippen molar-refractivity contribution in [1.29, 1.82) is 0 Å². The predicted molar refractivity (Wildman–Crippen MR) is 87.3 cm³/mol. The zero-order chi connectivity index (χ0) is 17.2. The summed E-state index contributed by atoms with van der Waals surface area (Å²) in [6.07, 6.45) is 0. The first-order chi connectivity index (χ1) is 10.7. The second kappa shape index (κ2) is 6.36. The van der Waals surface area contributed by atoms with Gasteiger partial charge in [-0.3, -0.25) is 4.98 Å². The molecule has 0 atom stereocenters. The maximum Gasteiger partial charge on any atom is 0.344 e. The van der Waals surface area contributed by atoms with Crippen molar-refractivity contribution in [2.24, 2.45) is 0 Å². The van der Waals surface area contributed by atoms with E-state index in [1.807, 2.05) is 32.0 Å². The lowest BCUT2D eigenvalue weighted by atomic mass is 10.1. The molecular formula is C18H21NO4. The van der Waals surface area contributed by atoms with Crippen LogP contribution in [0.2, 0.25) is 0 Å². The molecule has 0 aliphatic rings. The number of pyridine rings is 1. The van der Waals surface area contributed by atoms with Gasteiger partial charge in [0.1, 0.15) is 5.60 Å². The first-order valence-corrected chi connectivity index (χ1v) is 7.43. The standard InChI is InChI=1S/C18H21NO4/c1-11-6-7-15-13(8-11)14(9-12(2)19-15)17(21)22-10-16(20)23-18(3,4)5/h6-9H,10H2,1-5H3. The van der Waals surface area contributed by atoms with E-state index in [4.69, 9.17) is 9.47 Å². The highest BCUT2D eigenvalue weighted by Gasteiger charge is 2.19. The third-order valence-corrected chi connectivity index (χ3v) is 3.05. The van der Waals surface area contributed by atoms with Gasteiger partial charge in [-0.25, -0.2) is 9.59 Å². The van der Waals surface area contributed by atoms with Gasteiger partial charge in [0, 0.05) is 11.1 Å². The number of aromatic nitrogens is 1. The van der Waals surface area contributed by atoms with E-state index in [1.54, 1.807) is 26.8 Å². The van der Waals surface area contributed by atoms with E-state index in [2.05, 4.69) is 4.98 Å². The summed E-state index contributed by atoms with van der Waals surface area (Å²) in [6.45, 7) is 8.61. The van der Waals surface area contributed by atoms with E-state index in [0.29, 0.717) is 16.6 Å². The lowest BCUT2D eigenvalue weighted by molar-refractivity contribution is -0.158. The summed E-state index contributed by atoms with van der Waals surface area (Å²) in [4.78, 5) is 28.4. The van der Waals surface area contributed by atoms with Crippen LogP contribution in [0.4, 0.5) is 0 Å². The number of aryl methyl sites for hydroxylation is 2. The molecule has 0 aliphatic heterocycles. The summed E-state index contributed by atoms with van der Waals surface area (Å²) < 4.78 is 10.2. The summed E-state index contributed by atoms with van der Waals surface area (Å²) in [5.74, 6) is -1.13. The van der Waals surface area contributed by atoms with Gasteiger partial charge in [-0.05, 0) is 52.8 Å². The average molecular weight is 315 g/mol. The minimum Gasteiger partial charge on any atom is -0.457 e. The molecule has 1 aromatic carbocycles. The van der Waals surface area contributed by atoms with Crippen molar-refractivity contribution >= 4 is 22.8 Å². The second-order valence-corrected chi connectivity index (χ2v) is 6.49. The highest BCUT2D eigenvalue weighted by molar-refractivity contribution is 6.04. The molecule has 0 N–H and O–H groups in total. The Bertz CT molecular complexity index is 759. The number of ether oxygens (including phenoxy) is 2. The molecule has 23 heavy (non-hydrogen) atoms. The van der Waals surface area contributed by atoms with Crippen LogP contribution in [-0.2, 0) is 14.3 Å². The van der Waals surface area contributed by atoms with Crippen LogP contribution in [0.25, 0.3) is 10.9 Å². The zero-order valence-electron chi connectivity index (χ0n) is 14.1. The van der Waals surface area contributed by atoms with Gasteiger partial charge in [0.05, 0.1) is 11.1 Å². The van der Waals surface area contributed by atoms with Gasteiger partial charge < -0.3 is 9.47 Å². The molecule has 0 radical (unpaired) electrons. The monoisotopic (exact) mass is 315 g/mol. The molecular weight excluding hydrogens is 294 g/mol. The Morgan fingerprint density at radius 3 is 2.48 bits per heavy atom. The van der Waals surface area contributed by atoms with Crippen molar-refractivity contribution in [2.75, 3.05) is 6.61 Å². The van der Waals surface area contributed by atoms with Crippen molar-refractivity contribution in [3.05, 3.63) is 41.1 Å². The van der Waals surface area contributed by atoms with Gasteiger partial charge in [-0.1, -0.05) is 11.6 Å². The normalized spacial score (nSPS) is 11.3. The van der Waals surface area contributed by atoms with Gasteiger partial charge in [-0.2, -0.15) is 0 Å². The first-order valence-electron chi connectivity index (χ1n) is 7.43. The maximum absolute atomic E-state index is 12.3. The zero-order valence-corrected chi connectivity index (χ0v) is 14.1. The molecule has 2 rings (SSSR count). The van der Waals surface area contributed by atoms with E-state index in [-0.39, 0.29) is 0 Å². The fourth-order valence-corrected chi connectivity index (χ4v) is 2.21. The molecule has 0 unspecified atom stereocenters. The molecule has 0 saturated carbocycles. The minimum atomic E-state index is -0.611. The Kier molecular flexibility index (Phi) is 4.68. The van der Waals surface area contributed by atoms with Crippen LogP contribution >= 0.6 is 0 Å². The first kappa shape index (κ1) is 16.9. The van der Waals surface area contributed by atoms with Crippen molar-refractivity contribution in [3.8, 4) is 0 Å². The summed E-state index contributed by atoms with van der Waals surface area (Å²) in [5, 5.41) is 0.713. The third kappa shape index (κ3) is 4.52. The Labute approximate surface area is 135 Å². The van der Waals surface area contributed by atoms with Crippen molar-refractivity contribution in [2.45, 2.75) is 40.2 Å². The number of carbonyl (C=O) groups excluding carboxylic acids is 2. The summed E-state index contributed by atoms with van der Waals surface area (Å²) >= 11 is 0. The number of nitrogens with zero attached hydrogens (tertiary/aromatic N) is 1. The van der Waals surface area contributed by atoms with Crippen molar-refractivity contribution < 1.29 is 19.1 Å². The number of hydrogen-bond acceptors (Lipinski definition) is 5. The molecule has 0 bridgehead atoms. The van der Waals surface area contributed by atoms with Crippen LogP contribution in [0.3, 0.4) is 0 Å². The number of esters is 2. The quantitative estimate of drug-likeness (QED) is 0.813. The Morgan fingerprint density at radius 2 is 1.83 bits per heavy atom. The lowest BCUT2D eigenvalue weighted by Crippen LogP contribution is -2.27. The predicted octanol–water partition coefficient (Wildman–Crippen LogP) is 3.35. The SMILES string of the molecule is Cc1ccc2nc(C)cc(C(=O)OCC(=O)OC(C)(C)C)c2c1. The molecule has 5 nitrogen and oxygen atoms in total. The molecule has 5 heteroatoms. The van der Waals surface area contributed by atoms with Crippen molar-refractivity contribution in [3.63, 3.8) is 0 Å². The van der Waals surface area contributed by atoms with E-state index in [9.17, 15) is 9.59 Å². The number of benzene rings is 1. The highest BCUT2D eigenvalue weighted by atomic mass is 16.6. The average Bonchev–Trinajstić information content (AvgIpc) is 2.42. The maximum atomic E-state index is 12.3. The molecule has 122 valence electrons.